The summed E-state index contributed by atoms with van der Waals surface area (Å²) < 4.78 is 7.16. The Balaban J connectivity index is 1.77. The normalized spacial score (nSPS) is 19.5. The zero-order chi connectivity index (χ0) is 19.1. The summed E-state index contributed by atoms with van der Waals surface area (Å²) in [6, 6.07) is 7.37. The number of fused-ring (bicyclic) bond motifs is 1. The summed E-state index contributed by atoms with van der Waals surface area (Å²) in [5.41, 5.74) is 2.97. The highest BCUT2D eigenvalue weighted by atomic mass is 16.5. The molecule has 2 aromatic heterocycles. The summed E-state index contributed by atoms with van der Waals surface area (Å²) in [6.45, 7) is 2.22. The topological polar surface area (TPSA) is 94.3 Å². The number of nitrogens with zero attached hydrogens (tertiary/aromatic N) is 3. The Morgan fingerprint density at radius 3 is 2.85 bits per heavy atom. The van der Waals surface area contributed by atoms with Gasteiger partial charge in [-0.15, -0.1) is 0 Å². The van der Waals surface area contributed by atoms with Crippen molar-refractivity contribution in [2.24, 2.45) is 13.0 Å². The maximum atomic E-state index is 12.4. The van der Waals surface area contributed by atoms with Crippen molar-refractivity contribution in [3.63, 3.8) is 0 Å². The molecule has 1 saturated heterocycles. The number of rotatable bonds is 3. The number of carboxylic acid groups (broad SMARTS) is 1. The fourth-order valence-corrected chi connectivity index (χ4v) is 3.50. The van der Waals surface area contributed by atoms with Crippen molar-refractivity contribution < 1.29 is 14.6 Å². The quantitative estimate of drug-likeness (QED) is 0.766. The molecule has 0 spiro atoms. The third-order valence-electron chi connectivity index (χ3n) is 5.13. The van der Waals surface area contributed by atoms with Crippen LogP contribution in [0.1, 0.15) is 23.9 Å². The zero-order valence-corrected chi connectivity index (χ0v) is 15.0. The fourth-order valence-electron chi connectivity index (χ4n) is 3.50. The van der Waals surface area contributed by atoms with Gasteiger partial charge in [0.15, 0.2) is 0 Å². The predicted molar refractivity (Wildman–Crippen MR) is 99.4 cm³/mol. The van der Waals surface area contributed by atoms with Gasteiger partial charge in [-0.2, -0.15) is 0 Å². The Morgan fingerprint density at radius 2 is 2.07 bits per heavy atom. The van der Waals surface area contributed by atoms with E-state index in [2.05, 4.69) is 9.97 Å². The van der Waals surface area contributed by atoms with Gasteiger partial charge in [-0.3, -0.25) is 19.1 Å². The molecule has 0 amide bonds. The first-order valence-corrected chi connectivity index (χ1v) is 8.73. The number of benzene rings is 1. The lowest BCUT2D eigenvalue weighted by Gasteiger charge is -2.16. The average molecular weight is 365 g/mol. The SMILES string of the molecule is Cc1nc2cc(-c3cncc([C@@H]4OCC[C@H]4C(=O)O)c3)ccc2c(=O)n1C. The molecule has 1 N–H and O–H groups in total. The zero-order valence-electron chi connectivity index (χ0n) is 15.0. The van der Waals surface area contributed by atoms with Gasteiger partial charge in [-0.1, -0.05) is 6.07 Å². The second-order valence-corrected chi connectivity index (χ2v) is 6.79. The molecule has 7 nitrogen and oxygen atoms in total. The van der Waals surface area contributed by atoms with Gasteiger partial charge >= 0.3 is 5.97 Å². The van der Waals surface area contributed by atoms with Crippen molar-refractivity contribution in [3.05, 3.63) is 58.4 Å². The number of hydrogen-bond donors (Lipinski definition) is 1. The first-order chi connectivity index (χ1) is 13.0. The summed E-state index contributed by atoms with van der Waals surface area (Å²) in [6.07, 6.45) is 3.35. The van der Waals surface area contributed by atoms with E-state index in [1.165, 1.54) is 4.57 Å². The van der Waals surface area contributed by atoms with E-state index in [0.717, 1.165) is 16.7 Å². The molecule has 3 heterocycles. The molecular formula is C20H19N3O4. The molecule has 1 aliphatic heterocycles. The number of ether oxygens (including phenoxy) is 1. The van der Waals surface area contributed by atoms with Crippen LogP contribution in [0.3, 0.4) is 0 Å². The largest absolute Gasteiger partial charge is 0.481 e. The van der Waals surface area contributed by atoms with Crippen LogP contribution in [0, 0.1) is 12.8 Å². The molecule has 0 unspecified atom stereocenters. The predicted octanol–water partition coefficient (Wildman–Crippen LogP) is 2.47. The van der Waals surface area contributed by atoms with Gasteiger partial charge in [0.1, 0.15) is 5.82 Å². The molecular weight excluding hydrogens is 346 g/mol. The van der Waals surface area contributed by atoms with E-state index in [-0.39, 0.29) is 5.56 Å². The monoisotopic (exact) mass is 365 g/mol. The van der Waals surface area contributed by atoms with Crippen molar-refractivity contribution >= 4 is 16.9 Å². The summed E-state index contributed by atoms with van der Waals surface area (Å²) in [4.78, 5) is 32.6. The van der Waals surface area contributed by atoms with Crippen LogP contribution in [0.4, 0.5) is 0 Å². The highest BCUT2D eigenvalue weighted by Crippen LogP contribution is 2.36. The van der Waals surface area contributed by atoms with E-state index in [4.69, 9.17) is 4.74 Å². The second-order valence-electron chi connectivity index (χ2n) is 6.79. The molecule has 0 bridgehead atoms. The lowest BCUT2D eigenvalue weighted by molar-refractivity contribution is -0.143. The van der Waals surface area contributed by atoms with Crippen molar-refractivity contribution in [1.82, 2.24) is 14.5 Å². The molecule has 1 aliphatic rings. The average Bonchev–Trinajstić information content (AvgIpc) is 3.16. The molecule has 27 heavy (non-hydrogen) atoms. The Bertz CT molecular complexity index is 1110. The molecule has 0 radical (unpaired) electrons. The van der Waals surface area contributed by atoms with Crippen LogP contribution in [0.2, 0.25) is 0 Å². The van der Waals surface area contributed by atoms with Gasteiger partial charge in [0.05, 0.1) is 22.9 Å². The molecule has 4 rings (SSSR count). The number of aliphatic carboxylic acids is 1. The number of pyridine rings is 1. The Hall–Kier alpha value is -3.06. The molecule has 0 aliphatic carbocycles. The van der Waals surface area contributed by atoms with E-state index >= 15 is 0 Å². The van der Waals surface area contributed by atoms with Gasteiger partial charge < -0.3 is 9.84 Å². The Kier molecular flexibility index (Phi) is 4.24. The molecule has 1 fully saturated rings. The minimum atomic E-state index is -0.857. The van der Waals surface area contributed by atoms with Crippen molar-refractivity contribution in [1.29, 1.82) is 0 Å². The first kappa shape index (κ1) is 17.4. The Morgan fingerprint density at radius 1 is 1.26 bits per heavy atom. The van der Waals surface area contributed by atoms with Gasteiger partial charge in [-0.05, 0) is 37.1 Å². The summed E-state index contributed by atoms with van der Waals surface area (Å²) in [7, 11) is 1.70. The van der Waals surface area contributed by atoms with E-state index in [9.17, 15) is 14.7 Å². The minimum Gasteiger partial charge on any atom is -0.481 e. The second kappa shape index (κ2) is 6.59. The summed E-state index contributed by atoms with van der Waals surface area (Å²) in [5, 5.41) is 9.94. The van der Waals surface area contributed by atoms with Crippen molar-refractivity contribution in [3.8, 4) is 11.1 Å². The minimum absolute atomic E-state index is 0.0837. The van der Waals surface area contributed by atoms with E-state index in [1.807, 2.05) is 18.2 Å². The summed E-state index contributed by atoms with van der Waals surface area (Å²) in [5.74, 6) is -0.782. The highest BCUT2D eigenvalue weighted by molar-refractivity contribution is 5.83. The summed E-state index contributed by atoms with van der Waals surface area (Å²) >= 11 is 0. The van der Waals surface area contributed by atoms with E-state index in [0.29, 0.717) is 29.8 Å². The molecule has 3 aromatic rings. The number of aromatic nitrogens is 3. The third-order valence-corrected chi connectivity index (χ3v) is 5.13. The first-order valence-electron chi connectivity index (χ1n) is 8.73. The van der Waals surface area contributed by atoms with Gasteiger partial charge in [0, 0.05) is 37.2 Å². The van der Waals surface area contributed by atoms with Crippen molar-refractivity contribution in [2.45, 2.75) is 19.4 Å². The lowest BCUT2D eigenvalue weighted by atomic mass is 9.94. The van der Waals surface area contributed by atoms with Crippen LogP contribution in [-0.4, -0.2) is 32.2 Å². The van der Waals surface area contributed by atoms with Crippen molar-refractivity contribution in [2.75, 3.05) is 6.61 Å². The molecule has 2 atom stereocenters. The lowest BCUT2D eigenvalue weighted by Crippen LogP contribution is -2.20. The van der Waals surface area contributed by atoms with E-state index < -0.39 is 18.0 Å². The fraction of sp³-hybridized carbons (Fsp3) is 0.300. The molecule has 7 heteroatoms. The van der Waals surface area contributed by atoms with Crippen LogP contribution in [0.25, 0.3) is 22.0 Å². The number of carboxylic acids is 1. The molecule has 0 saturated carbocycles. The molecule has 1 aromatic carbocycles. The van der Waals surface area contributed by atoms with Crippen LogP contribution in [0.5, 0.6) is 0 Å². The highest BCUT2D eigenvalue weighted by Gasteiger charge is 2.35. The van der Waals surface area contributed by atoms with Gasteiger partial charge in [0.25, 0.3) is 5.56 Å². The van der Waals surface area contributed by atoms with Gasteiger partial charge in [0.2, 0.25) is 0 Å². The maximum Gasteiger partial charge on any atom is 0.309 e. The third kappa shape index (κ3) is 3.00. The van der Waals surface area contributed by atoms with Gasteiger partial charge in [-0.25, -0.2) is 4.98 Å². The van der Waals surface area contributed by atoms with Crippen LogP contribution < -0.4 is 5.56 Å². The Labute approximate surface area is 155 Å². The number of hydrogen-bond acceptors (Lipinski definition) is 5. The smallest absolute Gasteiger partial charge is 0.309 e. The van der Waals surface area contributed by atoms with Crippen LogP contribution in [-0.2, 0) is 16.6 Å². The maximum absolute atomic E-state index is 12.4. The van der Waals surface area contributed by atoms with Crippen LogP contribution in [0.15, 0.2) is 41.5 Å². The van der Waals surface area contributed by atoms with E-state index in [1.54, 1.807) is 32.4 Å². The standard InChI is InChI=1S/C20H19N3O4/c1-11-22-17-8-12(3-4-15(17)19(24)23(11)2)13-7-14(10-21-9-13)18-16(20(25)26)5-6-27-18/h3-4,7-10,16,18H,5-6H2,1-2H3,(H,25,26)/t16-,18+/m1/s1. The number of carbonyl (C=O) groups is 1. The van der Waals surface area contributed by atoms with Crippen LogP contribution >= 0.6 is 0 Å². The number of aryl methyl sites for hydroxylation is 1. The molecule has 138 valence electrons.